The lowest BCUT2D eigenvalue weighted by Gasteiger charge is -2.31. The number of hydrogen-bond acceptors (Lipinski definition) is 5. The zero-order valence-electron chi connectivity index (χ0n) is 19.2. The van der Waals surface area contributed by atoms with E-state index in [0.717, 1.165) is 51.7 Å². The Morgan fingerprint density at radius 3 is 2.36 bits per heavy atom. The lowest BCUT2D eigenvalue weighted by molar-refractivity contribution is -0.121. The van der Waals surface area contributed by atoms with Crippen molar-refractivity contribution in [1.82, 2.24) is 9.21 Å². The number of rotatable bonds is 7. The number of likely N-dealkylation sites (tertiary alicyclic amines) is 1. The number of amides is 1. The highest BCUT2D eigenvalue weighted by atomic mass is 32.2. The third kappa shape index (κ3) is 5.75. The summed E-state index contributed by atoms with van der Waals surface area (Å²) in [5.74, 6) is 0.270. The van der Waals surface area contributed by atoms with Crippen LogP contribution in [-0.2, 0) is 21.4 Å². The fourth-order valence-corrected chi connectivity index (χ4v) is 6.17. The maximum absolute atomic E-state index is 13.1. The van der Waals surface area contributed by atoms with Gasteiger partial charge in [-0.15, -0.1) is 0 Å². The summed E-state index contributed by atoms with van der Waals surface area (Å²) in [5.41, 5.74) is 1.68. The van der Waals surface area contributed by atoms with Gasteiger partial charge < -0.3 is 10.1 Å². The van der Waals surface area contributed by atoms with Crippen LogP contribution in [-0.4, -0.2) is 56.8 Å². The van der Waals surface area contributed by atoms with E-state index in [1.807, 2.05) is 18.2 Å². The molecule has 0 atom stereocenters. The molecular weight excluding hydrogens is 438 g/mol. The van der Waals surface area contributed by atoms with E-state index in [0.29, 0.717) is 24.5 Å². The van der Waals surface area contributed by atoms with E-state index < -0.39 is 10.0 Å². The van der Waals surface area contributed by atoms with E-state index in [-0.39, 0.29) is 16.7 Å². The summed E-state index contributed by atoms with van der Waals surface area (Å²) in [6.45, 7) is 3.68. The van der Waals surface area contributed by atoms with Crippen LogP contribution in [0.25, 0.3) is 0 Å². The van der Waals surface area contributed by atoms with E-state index in [1.165, 1.54) is 23.0 Å². The normalized spacial score (nSPS) is 18.7. The Labute approximate surface area is 196 Å². The van der Waals surface area contributed by atoms with Crippen molar-refractivity contribution in [1.29, 1.82) is 0 Å². The first-order valence-electron chi connectivity index (χ1n) is 11.7. The molecule has 2 aromatic rings. The van der Waals surface area contributed by atoms with Crippen LogP contribution >= 0.6 is 0 Å². The molecule has 0 aromatic heterocycles. The fourth-order valence-electron chi connectivity index (χ4n) is 4.63. The predicted octanol–water partition coefficient (Wildman–Crippen LogP) is 3.72. The van der Waals surface area contributed by atoms with Crippen LogP contribution in [0.2, 0.25) is 0 Å². The van der Waals surface area contributed by atoms with Crippen molar-refractivity contribution >= 4 is 21.6 Å². The topological polar surface area (TPSA) is 79.0 Å². The van der Waals surface area contributed by atoms with Gasteiger partial charge in [0.2, 0.25) is 15.9 Å². The van der Waals surface area contributed by atoms with Crippen LogP contribution in [0, 0.1) is 5.92 Å². The van der Waals surface area contributed by atoms with Gasteiger partial charge in [0.15, 0.2) is 0 Å². The number of ether oxygens (including phenoxy) is 1. The number of anilines is 1. The molecule has 0 saturated carbocycles. The molecule has 33 heavy (non-hydrogen) atoms. The van der Waals surface area contributed by atoms with Gasteiger partial charge in [0, 0.05) is 25.6 Å². The largest absolute Gasteiger partial charge is 0.495 e. The summed E-state index contributed by atoms with van der Waals surface area (Å²) in [6, 6.07) is 15.1. The number of piperidine rings is 2. The molecule has 2 saturated heterocycles. The second-order valence-corrected chi connectivity index (χ2v) is 10.8. The number of methoxy groups -OCH3 is 1. The molecule has 2 fully saturated rings. The summed E-state index contributed by atoms with van der Waals surface area (Å²) in [5, 5.41) is 2.95. The highest BCUT2D eigenvalue weighted by Crippen LogP contribution is 2.31. The molecule has 2 aliphatic heterocycles. The van der Waals surface area contributed by atoms with E-state index in [2.05, 4.69) is 22.3 Å². The fraction of sp³-hybridized carbons (Fsp3) is 0.480. The lowest BCUT2D eigenvalue weighted by Crippen LogP contribution is -2.38. The molecule has 2 heterocycles. The van der Waals surface area contributed by atoms with Crippen molar-refractivity contribution < 1.29 is 17.9 Å². The Morgan fingerprint density at radius 2 is 1.70 bits per heavy atom. The third-order valence-corrected chi connectivity index (χ3v) is 8.48. The number of hydrogen-bond donors (Lipinski definition) is 1. The van der Waals surface area contributed by atoms with Gasteiger partial charge in [-0.25, -0.2) is 8.42 Å². The highest BCUT2D eigenvalue weighted by molar-refractivity contribution is 7.89. The Bertz CT molecular complexity index is 1040. The van der Waals surface area contributed by atoms with Gasteiger partial charge in [0.25, 0.3) is 0 Å². The minimum atomic E-state index is -3.59. The average molecular weight is 472 g/mol. The number of nitrogens with zero attached hydrogens (tertiary/aromatic N) is 2. The number of nitrogens with one attached hydrogen (secondary N) is 1. The molecule has 7 nitrogen and oxygen atoms in total. The summed E-state index contributed by atoms with van der Waals surface area (Å²) in [7, 11) is -2.07. The second kappa shape index (κ2) is 10.7. The SMILES string of the molecule is COc1ccc(S(=O)(=O)N2CCCCC2)cc1NC(=O)C1CCN(Cc2ccccc2)CC1. The number of carbonyl (C=O) groups excluding carboxylic acids is 1. The monoisotopic (exact) mass is 471 g/mol. The summed E-state index contributed by atoms with van der Waals surface area (Å²) < 4.78 is 33.1. The molecule has 2 aromatic carbocycles. The zero-order chi connectivity index (χ0) is 23.3. The summed E-state index contributed by atoms with van der Waals surface area (Å²) in [4.78, 5) is 15.6. The summed E-state index contributed by atoms with van der Waals surface area (Å²) >= 11 is 0. The highest BCUT2D eigenvalue weighted by Gasteiger charge is 2.29. The van der Waals surface area contributed by atoms with Crippen molar-refractivity contribution in [3.63, 3.8) is 0 Å². The zero-order valence-corrected chi connectivity index (χ0v) is 20.0. The van der Waals surface area contributed by atoms with Crippen molar-refractivity contribution in [2.75, 3.05) is 38.6 Å². The van der Waals surface area contributed by atoms with Crippen molar-refractivity contribution in [3.05, 3.63) is 54.1 Å². The molecule has 178 valence electrons. The maximum Gasteiger partial charge on any atom is 0.243 e. The van der Waals surface area contributed by atoms with Crippen molar-refractivity contribution in [2.24, 2.45) is 5.92 Å². The van der Waals surface area contributed by atoms with Gasteiger partial charge in [-0.1, -0.05) is 36.8 Å². The Hall–Kier alpha value is -2.42. The number of sulfonamides is 1. The van der Waals surface area contributed by atoms with E-state index in [9.17, 15) is 13.2 Å². The standard InChI is InChI=1S/C25H33N3O4S/c1-32-24-11-10-22(33(30,31)28-14-6-3-7-15-28)18-23(24)26-25(29)21-12-16-27(17-13-21)19-20-8-4-2-5-9-20/h2,4-5,8-11,18,21H,3,6-7,12-17,19H2,1H3,(H,26,29). The van der Waals surface area contributed by atoms with Gasteiger partial charge >= 0.3 is 0 Å². The predicted molar refractivity (Wildman–Crippen MR) is 129 cm³/mol. The van der Waals surface area contributed by atoms with Crippen LogP contribution in [0.5, 0.6) is 5.75 Å². The molecule has 0 spiro atoms. The molecule has 0 unspecified atom stereocenters. The molecule has 2 aliphatic rings. The van der Waals surface area contributed by atoms with Gasteiger partial charge in [-0.3, -0.25) is 9.69 Å². The Morgan fingerprint density at radius 1 is 1.00 bits per heavy atom. The minimum absolute atomic E-state index is 0.0832. The average Bonchev–Trinajstić information content (AvgIpc) is 2.85. The quantitative estimate of drug-likeness (QED) is 0.666. The molecule has 1 amide bonds. The van der Waals surface area contributed by atoms with Gasteiger partial charge in [0.05, 0.1) is 17.7 Å². The first kappa shape index (κ1) is 23.7. The molecule has 1 N–H and O–H groups in total. The summed E-state index contributed by atoms with van der Waals surface area (Å²) in [6.07, 6.45) is 4.35. The first-order valence-corrected chi connectivity index (χ1v) is 13.2. The first-order chi connectivity index (χ1) is 16.0. The lowest BCUT2D eigenvalue weighted by atomic mass is 9.95. The van der Waals surface area contributed by atoms with E-state index in [4.69, 9.17) is 4.74 Å². The molecular formula is C25H33N3O4S. The maximum atomic E-state index is 13.1. The smallest absolute Gasteiger partial charge is 0.243 e. The van der Waals surface area contributed by atoms with Gasteiger partial charge in [-0.2, -0.15) is 4.31 Å². The van der Waals surface area contributed by atoms with Gasteiger partial charge in [0.1, 0.15) is 5.75 Å². The minimum Gasteiger partial charge on any atom is -0.495 e. The van der Waals surface area contributed by atoms with Crippen LogP contribution in [0.3, 0.4) is 0 Å². The third-order valence-electron chi connectivity index (χ3n) is 6.59. The van der Waals surface area contributed by atoms with Crippen molar-refractivity contribution in [3.8, 4) is 5.75 Å². The molecule has 0 bridgehead atoms. The molecule has 8 heteroatoms. The van der Waals surface area contributed by atoms with E-state index in [1.54, 1.807) is 12.1 Å². The number of carbonyl (C=O) groups is 1. The van der Waals surface area contributed by atoms with Gasteiger partial charge in [-0.05, 0) is 62.5 Å². The molecule has 0 aliphatic carbocycles. The Kier molecular flexibility index (Phi) is 7.67. The van der Waals surface area contributed by atoms with Crippen LogP contribution in [0.15, 0.2) is 53.4 Å². The second-order valence-electron chi connectivity index (χ2n) is 8.85. The van der Waals surface area contributed by atoms with Crippen LogP contribution in [0.1, 0.15) is 37.7 Å². The number of benzene rings is 2. The molecule has 0 radical (unpaired) electrons. The van der Waals surface area contributed by atoms with Crippen LogP contribution < -0.4 is 10.1 Å². The van der Waals surface area contributed by atoms with Crippen LogP contribution in [0.4, 0.5) is 5.69 Å². The molecule has 4 rings (SSSR count). The van der Waals surface area contributed by atoms with Crippen molar-refractivity contribution in [2.45, 2.75) is 43.5 Å². The van der Waals surface area contributed by atoms with E-state index >= 15 is 0 Å². The Balaban J connectivity index is 1.40.